The molecule has 5 amide bonds. The number of ether oxygens (including phenoxy) is 2. The summed E-state index contributed by atoms with van der Waals surface area (Å²) in [6, 6.07) is -5.91. The Balaban J connectivity index is 3.69. The van der Waals surface area contributed by atoms with Crippen molar-refractivity contribution in [2.75, 3.05) is 0 Å². The number of carbonyl (C=O) groups is 7. The highest BCUT2D eigenvalue weighted by atomic mass is 16.6. The van der Waals surface area contributed by atoms with Gasteiger partial charge in [0.25, 0.3) is 0 Å². The maximum atomic E-state index is 14.1. The van der Waals surface area contributed by atoms with Crippen LogP contribution in [0.3, 0.4) is 0 Å². The normalized spacial score (nSPS) is 23.9. The van der Waals surface area contributed by atoms with Crippen LogP contribution in [-0.2, 0) is 43.0 Å². The average Bonchev–Trinajstić information content (AvgIpc) is 3.12. The summed E-state index contributed by atoms with van der Waals surface area (Å²) in [6.07, 6.45) is 9.57. The van der Waals surface area contributed by atoms with Crippen LogP contribution >= 0.6 is 0 Å². The molecule has 1 aliphatic heterocycles. The Labute approximate surface area is 355 Å². The number of amides is 5. The molecule has 1 aliphatic rings. The molecule has 1 fully saturated rings. The summed E-state index contributed by atoms with van der Waals surface area (Å²) in [4.78, 5) is 96.8. The fourth-order valence-corrected chi connectivity index (χ4v) is 6.99. The van der Waals surface area contributed by atoms with Crippen molar-refractivity contribution in [2.24, 2.45) is 23.7 Å². The first-order chi connectivity index (χ1) is 27.6. The minimum absolute atomic E-state index is 0.0184. The SMILES string of the molecule is CCCCCCCCCCCC1CC(=O)N[C@H](CC(C)C)C(=O)N[C@@H](C(C)C)C(=O)N[C@@H](CC(=O)OC(C)(C)C)C(=O)N[C@H](CC(C)C)C(=O)N[C@@H]([C@@H](C)CC)C(=O)O1. The van der Waals surface area contributed by atoms with Gasteiger partial charge in [-0.15, -0.1) is 0 Å². The molecule has 1 saturated heterocycles. The number of unbranched alkanes of at least 4 members (excludes halogenated alkanes) is 8. The van der Waals surface area contributed by atoms with Gasteiger partial charge in [0.2, 0.25) is 29.5 Å². The fraction of sp³-hybridized carbons (Fsp3) is 0.844. The summed E-state index contributed by atoms with van der Waals surface area (Å²) in [7, 11) is 0. The number of hydrogen-bond donors (Lipinski definition) is 5. The van der Waals surface area contributed by atoms with Gasteiger partial charge in [-0.2, -0.15) is 0 Å². The van der Waals surface area contributed by atoms with Crippen molar-refractivity contribution < 1.29 is 43.0 Å². The second-order valence-electron chi connectivity index (χ2n) is 18.8. The maximum absolute atomic E-state index is 14.1. The number of rotatable bonds is 19. The lowest BCUT2D eigenvalue weighted by molar-refractivity contribution is -0.157. The summed E-state index contributed by atoms with van der Waals surface area (Å²) in [5, 5.41) is 13.8. The quantitative estimate of drug-likeness (QED) is 0.0746. The van der Waals surface area contributed by atoms with E-state index in [1.165, 1.54) is 32.1 Å². The van der Waals surface area contributed by atoms with Crippen molar-refractivity contribution in [3.63, 3.8) is 0 Å². The highest BCUT2D eigenvalue weighted by Gasteiger charge is 2.37. The zero-order valence-electron chi connectivity index (χ0n) is 38.6. The Kier molecular flexibility index (Phi) is 24.6. The molecule has 0 aliphatic carbocycles. The molecule has 1 rings (SSSR count). The predicted molar refractivity (Wildman–Crippen MR) is 230 cm³/mol. The Morgan fingerprint density at radius 3 is 1.61 bits per heavy atom. The Bertz CT molecular complexity index is 1350. The van der Waals surface area contributed by atoms with Crippen molar-refractivity contribution >= 4 is 41.5 Å². The zero-order chi connectivity index (χ0) is 44.9. The molecule has 340 valence electrons. The van der Waals surface area contributed by atoms with Crippen LogP contribution < -0.4 is 26.6 Å². The smallest absolute Gasteiger partial charge is 0.329 e. The summed E-state index contributed by atoms with van der Waals surface area (Å²) in [6.45, 7) is 21.9. The number of esters is 2. The van der Waals surface area contributed by atoms with Gasteiger partial charge in [-0.25, -0.2) is 4.79 Å². The van der Waals surface area contributed by atoms with Crippen LogP contribution in [0, 0.1) is 23.7 Å². The fourth-order valence-electron chi connectivity index (χ4n) is 6.99. The van der Waals surface area contributed by atoms with Crippen LogP contribution in [-0.4, -0.2) is 83.4 Å². The highest BCUT2D eigenvalue weighted by Crippen LogP contribution is 2.19. The van der Waals surface area contributed by atoms with Crippen molar-refractivity contribution in [1.29, 1.82) is 0 Å². The highest BCUT2D eigenvalue weighted by molar-refractivity contribution is 5.97. The zero-order valence-corrected chi connectivity index (χ0v) is 38.6. The van der Waals surface area contributed by atoms with E-state index in [4.69, 9.17) is 9.47 Å². The lowest BCUT2D eigenvalue weighted by atomic mass is 9.97. The first kappa shape index (κ1) is 53.3. The van der Waals surface area contributed by atoms with E-state index in [1.807, 2.05) is 41.5 Å². The Morgan fingerprint density at radius 1 is 0.644 bits per heavy atom. The van der Waals surface area contributed by atoms with Crippen LogP contribution in [0.5, 0.6) is 0 Å². The van der Waals surface area contributed by atoms with Crippen LogP contribution in [0.2, 0.25) is 0 Å². The first-order valence-electron chi connectivity index (χ1n) is 22.5. The largest absolute Gasteiger partial charge is 0.460 e. The molecule has 1 unspecified atom stereocenters. The molecule has 5 N–H and O–H groups in total. The standard InChI is InChI=1S/C45H81N5O9/c1-13-15-16-17-18-19-20-21-22-23-32-26-36(51)46-33(24-28(3)4)41(54)49-38(30(7)8)43(56)48-35(27-37(52)59-45(10,11)12)40(53)47-34(25-29(5)6)42(55)50-39(31(9)14-2)44(57)58-32/h28-35,38-39H,13-27H2,1-12H3,(H,46,51)(H,47,53)(H,48,56)(H,49,54)(H,50,55)/t31-,32?,33+,34+,35-,38-,39-/m0/s1. The van der Waals surface area contributed by atoms with E-state index in [0.717, 1.165) is 19.3 Å². The van der Waals surface area contributed by atoms with Gasteiger partial charge in [0.05, 0.1) is 12.8 Å². The molecule has 0 saturated carbocycles. The second kappa shape index (κ2) is 27.2. The topological polar surface area (TPSA) is 198 Å². The van der Waals surface area contributed by atoms with Gasteiger partial charge >= 0.3 is 11.9 Å². The monoisotopic (exact) mass is 836 g/mol. The molecule has 59 heavy (non-hydrogen) atoms. The van der Waals surface area contributed by atoms with E-state index in [9.17, 15) is 33.6 Å². The summed E-state index contributed by atoms with van der Waals surface area (Å²) in [5.74, 6) is -5.66. The van der Waals surface area contributed by atoms with E-state index < -0.39 is 95.7 Å². The minimum atomic E-state index is -1.48. The van der Waals surface area contributed by atoms with Crippen LogP contribution in [0.25, 0.3) is 0 Å². The third-order valence-corrected chi connectivity index (χ3v) is 10.5. The van der Waals surface area contributed by atoms with Gasteiger partial charge in [0.15, 0.2) is 0 Å². The molecule has 0 aromatic heterocycles. The molecule has 0 spiro atoms. The van der Waals surface area contributed by atoms with E-state index in [0.29, 0.717) is 19.3 Å². The van der Waals surface area contributed by atoms with Crippen LogP contribution in [0.15, 0.2) is 0 Å². The molecule has 7 atom stereocenters. The maximum Gasteiger partial charge on any atom is 0.329 e. The molecule has 14 heteroatoms. The number of carbonyl (C=O) groups excluding carboxylic acids is 7. The third kappa shape index (κ3) is 21.9. The van der Waals surface area contributed by atoms with E-state index in [1.54, 1.807) is 34.6 Å². The van der Waals surface area contributed by atoms with E-state index >= 15 is 0 Å². The molecule has 14 nitrogen and oxygen atoms in total. The lowest BCUT2D eigenvalue weighted by Crippen LogP contribution is -2.60. The molecule has 0 bridgehead atoms. The van der Waals surface area contributed by atoms with Gasteiger partial charge in [-0.1, -0.05) is 120 Å². The average molecular weight is 836 g/mol. The molecule has 0 aromatic carbocycles. The van der Waals surface area contributed by atoms with Crippen LogP contribution in [0.4, 0.5) is 0 Å². The van der Waals surface area contributed by atoms with E-state index in [-0.39, 0.29) is 37.0 Å². The molecular formula is C45H81N5O9. The Morgan fingerprint density at radius 2 is 1.12 bits per heavy atom. The summed E-state index contributed by atoms with van der Waals surface area (Å²) < 4.78 is 11.6. The number of nitrogens with one attached hydrogen (secondary N) is 5. The van der Waals surface area contributed by atoms with Gasteiger partial charge in [-0.3, -0.25) is 28.8 Å². The number of hydrogen-bond acceptors (Lipinski definition) is 9. The summed E-state index contributed by atoms with van der Waals surface area (Å²) in [5.41, 5.74) is -0.887. The van der Waals surface area contributed by atoms with Crippen LogP contribution in [0.1, 0.15) is 179 Å². The second-order valence-corrected chi connectivity index (χ2v) is 18.8. The van der Waals surface area contributed by atoms with Gasteiger partial charge in [0, 0.05) is 0 Å². The molecule has 1 heterocycles. The van der Waals surface area contributed by atoms with Crippen molar-refractivity contribution in [3.05, 3.63) is 0 Å². The summed E-state index contributed by atoms with van der Waals surface area (Å²) >= 11 is 0. The van der Waals surface area contributed by atoms with Crippen molar-refractivity contribution in [1.82, 2.24) is 26.6 Å². The van der Waals surface area contributed by atoms with Gasteiger partial charge in [-0.05, 0) is 70.1 Å². The Hall–Kier alpha value is -3.71. The minimum Gasteiger partial charge on any atom is -0.460 e. The lowest BCUT2D eigenvalue weighted by Gasteiger charge is -2.29. The molecule has 0 radical (unpaired) electrons. The first-order valence-corrected chi connectivity index (χ1v) is 22.5. The van der Waals surface area contributed by atoms with Gasteiger partial charge < -0.3 is 36.1 Å². The molecule has 0 aromatic rings. The van der Waals surface area contributed by atoms with Crippen molar-refractivity contribution in [2.45, 2.75) is 221 Å². The van der Waals surface area contributed by atoms with Gasteiger partial charge in [0.1, 0.15) is 41.9 Å². The molecular weight excluding hydrogens is 755 g/mol. The van der Waals surface area contributed by atoms with Crippen molar-refractivity contribution in [3.8, 4) is 0 Å². The van der Waals surface area contributed by atoms with E-state index in [2.05, 4.69) is 33.5 Å². The third-order valence-electron chi connectivity index (χ3n) is 10.5. The predicted octanol–water partition coefficient (Wildman–Crippen LogP) is 6.17. The number of cyclic esters (lactones) is 1.